The van der Waals surface area contributed by atoms with E-state index in [4.69, 9.17) is 5.73 Å². The lowest BCUT2D eigenvalue weighted by Crippen LogP contribution is -2.10. The molecule has 2 aromatic rings. The van der Waals surface area contributed by atoms with Gasteiger partial charge in [-0.15, -0.1) is 22.7 Å². The number of thiazole rings is 1. The summed E-state index contributed by atoms with van der Waals surface area (Å²) < 4.78 is 1.11. The third-order valence-electron chi connectivity index (χ3n) is 1.66. The van der Waals surface area contributed by atoms with Gasteiger partial charge in [0.25, 0.3) is 0 Å². The van der Waals surface area contributed by atoms with Crippen molar-refractivity contribution in [1.29, 1.82) is 0 Å². The lowest BCUT2D eigenvalue weighted by atomic mass is 10.2. The van der Waals surface area contributed by atoms with E-state index in [0.717, 1.165) is 14.4 Å². The van der Waals surface area contributed by atoms with Crippen molar-refractivity contribution >= 4 is 38.6 Å². The fourth-order valence-corrected chi connectivity index (χ4v) is 2.89. The van der Waals surface area contributed by atoms with E-state index in [2.05, 4.69) is 26.3 Å². The molecule has 1 unspecified atom stereocenters. The largest absolute Gasteiger partial charge is 0.318 e. The summed E-state index contributed by atoms with van der Waals surface area (Å²) in [7, 11) is 0. The molecule has 2 rings (SSSR count). The van der Waals surface area contributed by atoms with E-state index < -0.39 is 0 Å². The SMILES string of the molecule is NC(c1csc(Br)c1)c1nccs1. The molecule has 0 aliphatic rings. The molecule has 0 aliphatic heterocycles. The van der Waals surface area contributed by atoms with Gasteiger partial charge in [0.05, 0.1) is 9.83 Å². The zero-order valence-electron chi connectivity index (χ0n) is 6.61. The highest BCUT2D eigenvalue weighted by Crippen LogP contribution is 2.28. The van der Waals surface area contributed by atoms with Crippen LogP contribution < -0.4 is 5.73 Å². The van der Waals surface area contributed by atoms with E-state index in [1.165, 1.54) is 0 Å². The Morgan fingerprint density at radius 2 is 2.31 bits per heavy atom. The van der Waals surface area contributed by atoms with E-state index in [9.17, 15) is 0 Å². The maximum absolute atomic E-state index is 6.01. The van der Waals surface area contributed by atoms with E-state index in [0.29, 0.717) is 0 Å². The van der Waals surface area contributed by atoms with E-state index in [1.54, 1.807) is 28.9 Å². The Hall–Kier alpha value is -0.230. The number of hydrogen-bond donors (Lipinski definition) is 1. The highest BCUT2D eigenvalue weighted by Gasteiger charge is 2.12. The quantitative estimate of drug-likeness (QED) is 0.915. The summed E-state index contributed by atoms with van der Waals surface area (Å²) in [4.78, 5) is 4.18. The van der Waals surface area contributed by atoms with Gasteiger partial charge in [-0.05, 0) is 32.9 Å². The van der Waals surface area contributed by atoms with Gasteiger partial charge in [0.2, 0.25) is 0 Å². The van der Waals surface area contributed by atoms with Crippen LogP contribution in [0, 0.1) is 0 Å². The lowest BCUT2D eigenvalue weighted by Gasteiger charge is -2.04. The Balaban J connectivity index is 2.28. The molecule has 1 atom stereocenters. The van der Waals surface area contributed by atoms with Crippen molar-refractivity contribution in [2.75, 3.05) is 0 Å². The minimum Gasteiger partial charge on any atom is -0.318 e. The summed E-state index contributed by atoms with van der Waals surface area (Å²) in [5, 5.41) is 4.96. The van der Waals surface area contributed by atoms with Crippen LogP contribution in [0.4, 0.5) is 0 Å². The van der Waals surface area contributed by atoms with Crippen LogP contribution in [-0.4, -0.2) is 4.98 Å². The molecule has 2 aromatic heterocycles. The summed E-state index contributed by atoms with van der Waals surface area (Å²) in [5.41, 5.74) is 7.13. The standard InChI is InChI=1S/C8H7BrN2S2/c9-6-3-5(4-13-6)7(10)8-11-1-2-12-8/h1-4,7H,10H2. The van der Waals surface area contributed by atoms with Gasteiger partial charge in [0, 0.05) is 11.6 Å². The van der Waals surface area contributed by atoms with Gasteiger partial charge in [-0.3, -0.25) is 0 Å². The molecule has 0 aromatic carbocycles. The molecule has 5 heteroatoms. The summed E-state index contributed by atoms with van der Waals surface area (Å²) in [5.74, 6) is 0. The van der Waals surface area contributed by atoms with E-state index >= 15 is 0 Å². The molecule has 68 valence electrons. The molecule has 0 radical (unpaired) electrons. The number of hydrogen-bond acceptors (Lipinski definition) is 4. The molecule has 0 fully saturated rings. The van der Waals surface area contributed by atoms with Crippen LogP contribution in [0.3, 0.4) is 0 Å². The second kappa shape index (κ2) is 3.88. The van der Waals surface area contributed by atoms with E-state index in [1.807, 2.05) is 11.4 Å². The predicted octanol–water partition coefficient (Wildman–Crippen LogP) is 3.02. The average molecular weight is 275 g/mol. The highest BCUT2D eigenvalue weighted by molar-refractivity contribution is 9.11. The van der Waals surface area contributed by atoms with Crippen molar-refractivity contribution in [1.82, 2.24) is 4.98 Å². The summed E-state index contributed by atoms with van der Waals surface area (Å²) >= 11 is 6.64. The number of nitrogens with zero attached hydrogens (tertiary/aromatic N) is 1. The Morgan fingerprint density at radius 3 is 2.85 bits per heavy atom. The molecule has 0 bridgehead atoms. The van der Waals surface area contributed by atoms with Crippen LogP contribution in [0.2, 0.25) is 0 Å². The highest BCUT2D eigenvalue weighted by atomic mass is 79.9. The molecular formula is C8H7BrN2S2. The maximum atomic E-state index is 6.01. The molecule has 2 nitrogen and oxygen atoms in total. The van der Waals surface area contributed by atoms with Gasteiger partial charge in [-0.25, -0.2) is 4.98 Å². The molecule has 2 N–H and O–H groups in total. The first kappa shape index (κ1) is 9.33. The molecule has 2 heterocycles. The zero-order valence-corrected chi connectivity index (χ0v) is 9.82. The third-order valence-corrected chi connectivity index (χ3v) is 4.05. The molecule has 0 saturated heterocycles. The maximum Gasteiger partial charge on any atom is 0.114 e. The second-order valence-corrected chi connectivity index (χ2v) is 5.75. The van der Waals surface area contributed by atoms with Crippen LogP contribution >= 0.6 is 38.6 Å². The molecule has 0 spiro atoms. The van der Waals surface area contributed by atoms with Crippen LogP contribution in [0.15, 0.2) is 26.8 Å². The Labute approximate surface area is 92.6 Å². The second-order valence-electron chi connectivity index (χ2n) is 2.53. The van der Waals surface area contributed by atoms with Gasteiger partial charge in [-0.1, -0.05) is 0 Å². The van der Waals surface area contributed by atoms with E-state index in [-0.39, 0.29) is 6.04 Å². The van der Waals surface area contributed by atoms with Gasteiger partial charge in [0.1, 0.15) is 5.01 Å². The van der Waals surface area contributed by atoms with Gasteiger partial charge < -0.3 is 5.73 Å². The van der Waals surface area contributed by atoms with Gasteiger partial charge in [-0.2, -0.15) is 0 Å². The van der Waals surface area contributed by atoms with Crippen molar-refractivity contribution in [3.05, 3.63) is 37.4 Å². The van der Waals surface area contributed by atoms with Gasteiger partial charge in [0.15, 0.2) is 0 Å². The van der Waals surface area contributed by atoms with Crippen molar-refractivity contribution < 1.29 is 0 Å². The summed E-state index contributed by atoms with van der Waals surface area (Å²) in [6.45, 7) is 0. The topological polar surface area (TPSA) is 38.9 Å². The molecule has 13 heavy (non-hydrogen) atoms. The van der Waals surface area contributed by atoms with Crippen LogP contribution in [0.25, 0.3) is 0 Å². The normalized spacial score (nSPS) is 13.1. The number of aromatic nitrogens is 1. The average Bonchev–Trinajstić information content (AvgIpc) is 2.72. The molecule has 0 saturated carbocycles. The molecular weight excluding hydrogens is 268 g/mol. The van der Waals surface area contributed by atoms with Gasteiger partial charge >= 0.3 is 0 Å². The molecule has 0 aliphatic carbocycles. The first-order chi connectivity index (χ1) is 6.27. The van der Waals surface area contributed by atoms with Crippen molar-refractivity contribution in [2.24, 2.45) is 5.73 Å². The fraction of sp³-hybridized carbons (Fsp3) is 0.125. The summed E-state index contributed by atoms with van der Waals surface area (Å²) in [6, 6.07) is 1.96. The monoisotopic (exact) mass is 274 g/mol. The van der Waals surface area contributed by atoms with Crippen molar-refractivity contribution in [3.8, 4) is 0 Å². The first-order valence-electron chi connectivity index (χ1n) is 3.66. The van der Waals surface area contributed by atoms with Crippen LogP contribution in [0.5, 0.6) is 0 Å². The Kier molecular flexibility index (Phi) is 2.78. The predicted molar refractivity (Wildman–Crippen MR) is 60.2 cm³/mol. The van der Waals surface area contributed by atoms with Crippen molar-refractivity contribution in [2.45, 2.75) is 6.04 Å². The number of halogens is 1. The third kappa shape index (κ3) is 1.99. The Bertz CT molecular complexity index is 383. The minimum atomic E-state index is -0.0810. The van der Waals surface area contributed by atoms with Crippen molar-refractivity contribution in [3.63, 3.8) is 0 Å². The number of rotatable bonds is 2. The summed E-state index contributed by atoms with van der Waals surface area (Å²) in [6.07, 6.45) is 1.78. The Morgan fingerprint density at radius 1 is 1.46 bits per heavy atom. The minimum absolute atomic E-state index is 0.0810. The van der Waals surface area contributed by atoms with Crippen LogP contribution in [-0.2, 0) is 0 Å². The van der Waals surface area contributed by atoms with Crippen LogP contribution in [0.1, 0.15) is 16.6 Å². The zero-order chi connectivity index (χ0) is 9.26. The number of nitrogens with two attached hydrogens (primary N) is 1. The first-order valence-corrected chi connectivity index (χ1v) is 6.21. The lowest BCUT2D eigenvalue weighted by molar-refractivity contribution is 0.862. The fourth-order valence-electron chi connectivity index (χ4n) is 1.02. The smallest absolute Gasteiger partial charge is 0.114 e. The molecule has 0 amide bonds. The number of thiophene rings is 1.